The second-order valence-corrected chi connectivity index (χ2v) is 3.82. The van der Waals surface area contributed by atoms with Crippen molar-refractivity contribution in [1.29, 1.82) is 0 Å². The van der Waals surface area contributed by atoms with Crippen molar-refractivity contribution in [3.05, 3.63) is 12.4 Å². The fourth-order valence-electron chi connectivity index (χ4n) is 1.19. The van der Waals surface area contributed by atoms with Gasteiger partial charge in [-0.1, -0.05) is 0 Å². The molecule has 94 valence electrons. The van der Waals surface area contributed by atoms with Crippen LogP contribution in [0, 0.1) is 0 Å². The van der Waals surface area contributed by atoms with E-state index in [2.05, 4.69) is 15.7 Å². The average Bonchev–Trinajstić information content (AvgIpc) is 2.73. The molecule has 0 spiro atoms. The molecule has 1 aromatic heterocycles. The van der Waals surface area contributed by atoms with E-state index in [1.807, 2.05) is 0 Å². The first kappa shape index (κ1) is 13.5. The van der Waals surface area contributed by atoms with Gasteiger partial charge in [0.2, 0.25) is 11.8 Å². The summed E-state index contributed by atoms with van der Waals surface area (Å²) in [6.45, 7) is 0.133. The topological polar surface area (TPSA) is 76.0 Å². The molecule has 0 fully saturated rings. The van der Waals surface area contributed by atoms with Crippen molar-refractivity contribution in [2.45, 2.75) is 19.4 Å². The number of nitrogens with one attached hydrogen (secondary N) is 2. The predicted octanol–water partition coefficient (Wildman–Crippen LogP) is 0.587. The van der Waals surface area contributed by atoms with E-state index in [1.54, 1.807) is 13.2 Å². The van der Waals surface area contributed by atoms with Gasteiger partial charge in [-0.3, -0.25) is 14.3 Å². The third-order valence-electron chi connectivity index (χ3n) is 2.04. The lowest BCUT2D eigenvalue weighted by Crippen LogP contribution is -2.23. The molecule has 0 saturated heterocycles. The van der Waals surface area contributed by atoms with Crippen molar-refractivity contribution in [2.24, 2.45) is 0 Å². The molecular formula is C10H15ClN4O2. The number of nitrogens with zero attached hydrogens (tertiary/aromatic N) is 2. The van der Waals surface area contributed by atoms with E-state index >= 15 is 0 Å². The molecular weight excluding hydrogens is 244 g/mol. The maximum Gasteiger partial charge on any atom is 0.241 e. The van der Waals surface area contributed by atoms with Crippen molar-refractivity contribution in [3.63, 3.8) is 0 Å². The van der Waals surface area contributed by atoms with E-state index in [4.69, 9.17) is 11.6 Å². The third-order valence-corrected chi connectivity index (χ3v) is 2.31. The van der Waals surface area contributed by atoms with Crippen LogP contribution in [0.2, 0.25) is 0 Å². The summed E-state index contributed by atoms with van der Waals surface area (Å²) in [5.74, 6) is 0.210. The fraction of sp³-hybridized carbons (Fsp3) is 0.500. The highest BCUT2D eigenvalue weighted by Crippen LogP contribution is 2.06. The highest BCUT2D eigenvalue weighted by Gasteiger charge is 2.05. The van der Waals surface area contributed by atoms with Crippen LogP contribution in [0.4, 0.5) is 5.69 Å². The van der Waals surface area contributed by atoms with E-state index in [0.717, 1.165) is 0 Å². The van der Waals surface area contributed by atoms with Crippen molar-refractivity contribution in [2.75, 3.05) is 18.2 Å². The number of halogens is 1. The van der Waals surface area contributed by atoms with Gasteiger partial charge >= 0.3 is 0 Å². The van der Waals surface area contributed by atoms with Gasteiger partial charge in [0.15, 0.2) is 0 Å². The zero-order chi connectivity index (χ0) is 12.7. The smallest absolute Gasteiger partial charge is 0.241 e. The minimum absolute atomic E-state index is 0.106. The molecule has 1 heterocycles. The van der Waals surface area contributed by atoms with Gasteiger partial charge in [-0.25, -0.2) is 0 Å². The van der Waals surface area contributed by atoms with Crippen LogP contribution in [0.25, 0.3) is 0 Å². The lowest BCUT2D eigenvalue weighted by Gasteiger charge is -2.01. The summed E-state index contributed by atoms with van der Waals surface area (Å²) in [7, 11) is 1.56. The fourth-order valence-corrected chi connectivity index (χ4v) is 1.33. The van der Waals surface area contributed by atoms with Crippen LogP contribution >= 0.6 is 11.6 Å². The Morgan fingerprint density at radius 2 is 2.24 bits per heavy atom. The quantitative estimate of drug-likeness (QED) is 0.733. The summed E-state index contributed by atoms with van der Waals surface area (Å²) in [6, 6.07) is 0. The maximum atomic E-state index is 11.4. The first-order valence-electron chi connectivity index (χ1n) is 5.24. The summed E-state index contributed by atoms with van der Waals surface area (Å²) < 4.78 is 1.45. The number of carbonyl (C=O) groups is 2. The predicted molar refractivity (Wildman–Crippen MR) is 64.9 cm³/mol. The molecule has 0 aromatic carbocycles. The number of hydrogen-bond acceptors (Lipinski definition) is 3. The Balaban J connectivity index is 2.45. The lowest BCUT2D eigenvalue weighted by molar-refractivity contribution is -0.121. The summed E-state index contributed by atoms with van der Waals surface area (Å²) in [6.07, 6.45) is 4.12. The van der Waals surface area contributed by atoms with E-state index in [-0.39, 0.29) is 18.4 Å². The van der Waals surface area contributed by atoms with Crippen LogP contribution < -0.4 is 10.6 Å². The van der Waals surface area contributed by atoms with Crippen LogP contribution in [0.3, 0.4) is 0 Å². The van der Waals surface area contributed by atoms with Crippen LogP contribution in [-0.2, 0) is 16.1 Å². The monoisotopic (exact) mass is 258 g/mol. The van der Waals surface area contributed by atoms with Gasteiger partial charge in [0.1, 0.15) is 6.54 Å². The molecule has 17 heavy (non-hydrogen) atoms. The van der Waals surface area contributed by atoms with Crippen LogP contribution in [0.1, 0.15) is 12.8 Å². The maximum absolute atomic E-state index is 11.4. The molecule has 1 aromatic rings. The van der Waals surface area contributed by atoms with Crippen molar-refractivity contribution >= 4 is 29.1 Å². The highest BCUT2D eigenvalue weighted by atomic mass is 35.5. The molecule has 2 N–H and O–H groups in total. The first-order chi connectivity index (χ1) is 8.15. The summed E-state index contributed by atoms with van der Waals surface area (Å²) in [4.78, 5) is 22.5. The van der Waals surface area contributed by atoms with Crippen molar-refractivity contribution < 1.29 is 9.59 Å². The number of rotatable bonds is 6. The van der Waals surface area contributed by atoms with Crippen molar-refractivity contribution in [3.8, 4) is 0 Å². The SMILES string of the molecule is CNC(=O)Cn1cc(NC(=O)CCCCl)cn1. The molecule has 7 heteroatoms. The number of alkyl halides is 1. The number of amides is 2. The normalized spacial score (nSPS) is 10.0. The van der Waals surface area contributed by atoms with Crippen LogP contribution in [-0.4, -0.2) is 34.5 Å². The van der Waals surface area contributed by atoms with E-state index in [0.29, 0.717) is 24.4 Å². The van der Waals surface area contributed by atoms with Gasteiger partial charge < -0.3 is 10.6 Å². The molecule has 0 aliphatic carbocycles. The largest absolute Gasteiger partial charge is 0.358 e. The third kappa shape index (κ3) is 4.86. The van der Waals surface area contributed by atoms with E-state index in [1.165, 1.54) is 10.9 Å². The summed E-state index contributed by atoms with van der Waals surface area (Å²) in [5, 5.41) is 9.12. The Morgan fingerprint density at radius 3 is 2.88 bits per heavy atom. The number of hydrogen-bond donors (Lipinski definition) is 2. The second kappa shape index (κ2) is 6.90. The molecule has 0 radical (unpaired) electrons. The van der Waals surface area contributed by atoms with Gasteiger partial charge in [-0.15, -0.1) is 11.6 Å². The molecule has 0 bridgehead atoms. The Morgan fingerprint density at radius 1 is 1.47 bits per heavy atom. The van der Waals surface area contributed by atoms with Gasteiger partial charge in [-0.05, 0) is 6.42 Å². The molecule has 0 saturated carbocycles. The number of likely N-dealkylation sites (N-methyl/N-ethyl adjacent to an activating group) is 1. The number of aromatic nitrogens is 2. The van der Waals surface area contributed by atoms with Crippen LogP contribution in [0.15, 0.2) is 12.4 Å². The Labute approximate surface area is 104 Å². The summed E-state index contributed by atoms with van der Waals surface area (Å²) >= 11 is 5.49. The first-order valence-corrected chi connectivity index (χ1v) is 5.78. The zero-order valence-corrected chi connectivity index (χ0v) is 10.3. The second-order valence-electron chi connectivity index (χ2n) is 3.44. The Kier molecular flexibility index (Phi) is 5.48. The standard InChI is InChI=1S/C10H15ClN4O2/c1-12-10(17)7-15-6-8(5-13-15)14-9(16)3-2-4-11/h5-6H,2-4,7H2,1H3,(H,12,17)(H,14,16). The highest BCUT2D eigenvalue weighted by molar-refractivity contribution is 6.18. The Bertz CT molecular complexity index is 391. The molecule has 1 rings (SSSR count). The molecule has 2 amide bonds. The average molecular weight is 259 g/mol. The van der Waals surface area contributed by atoms with Crippen molar-refractivity contribution in [1.82, 2.24) is 15.1 Å². The van der Waals surface area contributed by atoms with Gasteiger partial charge in [0, 0.05) is 25.5 Å². The number of anilines is 1. The van der Waals surface area contributed by atoms with Gasteiger partial charge in [-0.2, -0.15) is 5.10 Å². The molecule has 0 unspecified atom stereocenters. The molecule has 6 nitrogen and oxygen atoms in total. The number of carbonyl (C=O) groups excluding carboxylic acids is 2. The van der Waals surface area contributed by atoms with Gasteiger partial charge in [0.05, 0.1) is 11.9 Å². The zero-order valence-electron chi connectivity index (χ0n) is 9.57. The Hall–Kier alpha value is -1.56. The minimum Gasteiger partial charge on any atom is -0.358 e. The lowest BCUT2D eigenvalue weighted by atomic mass is 10.3. The summed E-state index contributed by atoms with van der Waals surface area (Å²) in [5.41, 5.74) is 0.577. The molecule has 0 aliphatic heterocycles. The van der Waals surface area contributed by atoms with E-state index in [9.17, 15) is 9.59 Å². The minimum atomic E-state index is -0.145. The van der Waals surface area contributed by atoms with Crippen LogP contribution in [0.5, 0.6) is 0 Å². The molecule has 0 atom stereocenters. The van der Waals surface area contributed by atoms with Gasteiger partial charge in [0.25, 0.3) is 0 Å². The molecule has 0 aliphatic rings. The van der Waals surface area contributed by atoms with E-state index < -0.39 is 0 Å².